The fourth-order valence-corrected chi connectivity index (χ4v) is 2.78. The fraction of sp³-hybridized carbons (Fsp3) is 0.846. The Labute approximate surface area is 103 Å². The van der Waals surface area contributed by atoms with E-state index in [9.17, 15) is 9.59 Å². The molecule has 4 heteroatoms. The van der Waals surface area contributed by atoms with E-state index in [1.54, 1.807) is 0 Å². The molecule has 1 amide bonds. The van der Waals surface area contributed by atoms with Gasteiger partial charge in [-0.25, -0.2) is 0 Å². The molecule has 0 aromatic rings. The normalized spacial score (nSPS) is 29.1. The van der Waals surface area contributed by atoms with Gasteiger partial charge in [-0.1, -0.05) is 20.8 Å². The summed E-state index contributed by atoms with van der Waals surface area (Å²) in [6.07, 6.45) is 3.02. The molecule has 4 nitrogen and oxygen atoms in total. The van der Waals surface area contributed by atoms with E-state index in [0.717, 1.165) is 19.3 Å². The Bertz CT molecular complexity index is 288. The maximum absolute atomic E-state index is 11.9. The summed E-state index contributed by atoms with van der Waals surface area (Å²) >= 11 is 0. The summed E-state index contributed by atoms with van der Waals surface area (Å²) in [6.45, 7) is 6.23. The number of carbonyl (C=O) groups is 2. The van der Waals surface area contributed by atoms with E-state index in [4.69, 9.17) is 5.11 Å². The third-order valence-corrected chi connectivity index (χ3v) is 3.77. The highest BCUT2D eigenvalue weighted by molar-refractivity contribution is 5.83. The van der Waals surface area contributed by atoms with Crippen molar-refractivity contribution >= 4 is 11.9 Å². The number of rotatable bonds is 4. The van der Waals surface area contributed by atoms with E-state index < -0.39 is 5.97 Å². The number of carboxylic acids is 1. The molecule has 1 fully saturated rings. The lowest BCUT2D eigenvalue weighted by Gasteiger charge is -2.36. The zero-order valence-corrected chi connectivity index (χ0v) is 10.9. The number of carboxylic acid groups (broad SMARTS) is 1. The monoisotopic (exact) mass is 241 g/mol. The van der Waals surface area contributed by atoms with Crippen LogP contribution in [-0.2, 0) is 9.59 Å². The zero-order valence-electron chi connectivity index (χ0n) is 10.9. The van der Waals surface area contributed by atoms with Gasteiger partial charge in [-0.05, 0) is 37.0 Å². The minimum Gasteiger partial charge on any atom is -0.480 e. The van der Waals surface area contributed by atoms with Gasteiger partial charge in [-0.15, -0.1) is 0 Å². The van der Waals surface area contributed by atoms with Crippen molar-refractivity contribution in [1.82, 2.24) is 5.32 Å². The van der Waals surface area contributed by atoms with Gasteiger partial charge in [-0.3, -0.25) is 9.59 Å². The van der Waals surface area contributed by atoms with Gasteiger partial charge < -0.3 is 10.4 Å². The second kappa shape index (κ2) is 6.03. The summed E-state index contributed by atoms with van der Waals surface area (Å²) < 4.78 is 0. The van der Waals surface area contributed by atoms with Crippen molar-refractivity contribution in [1.29, 1.82) is 0 Å². The van der Waals surface area contributed by atoms with Crippen LogP contribution in [0.1, 0.15) is 40.0 Å². The summed E-state index contributed by atoms with van der Waals surface area (Å²) in [6, 6.07) is 0. The van der Waals surface area contributed by atoms with E-state index in [1.165, 1.54) is 0 Å². The van der Waals surface area contributed by atoms with Crippen LogP contribution in [0.15, 0.2) is 0 Å². The number of hydrogen-bond acceptors (Lipinski definition) is 2. The highest BCUT2D eigenvalue weighted by atomic mass is 16.4. The third-order valence-electron chi connectivity index (χ3n) is 3.77. The van der Waals surface area contributed by atoms with Crippen LogP contribution in [0.3, 0.4) is 0 Å². The quantitative estimate of drug-likeness (QED) is 0.790. The predicted molar refractivity (Wildman–Crippen MR) is 65.5 cm³/mol. The highest BCUT2D eigenvalue weighted by Crippen LogP contribution is 2.38. The Hall–Kier alpha value is -1.06. The smallest absolute Gasteiger partial charge is 0.322 e. The van der Waals surface area contributed by atoms with Crippen molar-refractivity contribution in [3.63, 3.8) is 0 Å². The van der Waals surface area contributed by atoms with Gasteiger partial charge in [0.25, 0.3) is 0 Å². The zero-order chi connectivity index (χ0) is 13.0. The maximum atomic E-state index is 11.9. The first kappa shape index (κ1) is 14.0. The van der Waals surface area contributed by atoms with Gasteiger partial charge in [-0.2, -0.15) is 0 Å². The van der Waals surface area contributed by atoms with Crippen molar-refractivity contribution < 1.29 is 14.7 Å². The molecule has 3 atom stereocenters. The van der Waals surface area contributed by atoms with Crippen molar-refractivity contribution in [3.05, 3.63) is 0 Å². The van der Waals surface area contributed by atoms with Crippen LogP contribution < -0.4 is 5.32 Å². The second-order valence-corrected chi connectivity index (χ2v) is 5.54. The van der Waals surface area contributed by atoms with Gasteiger partial charge in [0, 0.05) is 5.92 Å². The first-order valence-corrected chi connectivity index (χ1v) is 6.41. The Kier molecular flexibility index (Phi) is 4.97. The molecule has 1 rings (SSSR count). The van der Waals surface area contributed by atoms with Gasteiger partial charge >= 0.3 is 5.97 Å². The average Bonchev–Trinajstić information content (AvgIpc) is 2.25. The molecule has 17 heavy (non-hydrogen) atoms. The van der Waals surface area contributed by atoms with E-state index in [2.05, 4.69) is 26.1 Å². The van der Waals surface area contributed by atoms with Crippen LogP contribution in [-0.4, -0.2) is 23.5 Å². The molecule has 0 aliphatic heterocycles. The topological polar surface area (TPSA) is 66.4 Å². The molecule has 1 aliphatic rings. The lowest BCUT2D eigenvalue weighted by atomic mass is 9.69. The molecule has 0 bridgehead atoms. The molecule has 0 radical (unpaired) electrons. The Morgan fingerprint density at radius 1 is 1.35 bits per heavy atom. The average molecular weight is 241 g/mol. The van der Waals surface area contributed by atoms with Crippen molar-refractivity contribution in [2.45, 2.75) is 40.0 Å². The first-order chi connectivity index (χ1) is 7.91. The van der Waals surface area contributed by atoms with E-state index in [1.807, 2.05) is 0 Å². The maximum Gasteiger partial charge on any atom is 0.322 e. The Balaban J connectivity index is 2.59. The molecule has 0 aromatic heterocycles. The standard InChI is InChI=1S/C13H23NO3/c1-8(2)11-6-9(3)4-5-10(11)13(17)14-7-12(15)16/h8-11H,4-7H2,1-3H3,(H,14,17)(H,15,16). The molecule has 2 N–H and O–H groups in total. The lowest BCUT2D eigenvalue weighted by molar-refractivity contribution is -0.139. The second-order valence-electron chi connectivity index (χ2n) is 5.54. The summed E-state index contributed by atoms with van der Waals surface area (Å²) in [4.78, 5) is 22.4. The molecule has 0 spiro atoms. The minimum absolute atomic E-state index is 0.00875. The van der Waals surface area contributed by atoms with Crippen molar-refractivity contribution in [3.8, 4) is 0 Å². The molecule has 3 unspecified atom stereocenters. The summed E-state index contributed by atoms with van der Waals surface area (Å²) in [7, 11) is 0. The summed E-state index contributed by atoms with van der Waals surface area (Å²) in [5.74, 6) is 0.448. The molecule has 0 aromatic carbocycles. The number of carbonyl (C=O) groups excluding carboxylic acids is 1. The van der Waals surface area contributed by atoms with Crippen LogP contribution in [0.5, 0.6) is 0 Å². The fourth-order valence-electron chi connectivity index (χ4n) is 2.78. The first-order valence-electron chi connectivity index (χ1n) is 6.41. The molecule has 98 valence electrons. The molecule has 0 saturated heterocycles. The lowest BCUT2D eigenvalue weighted by Crippen LogP contribution is -2.41. The van der Waals surface area contributed by atoms with Crippen LogP contribution >= 0.6 is 0 Å². The summed E-state index contributed by atoms with van der Waals surface area (Å²) in [5, 5.41) is 11.1. The van der Waals surface area contributed by atoms with Crippen LogP contribution in [0.2, 0.25) is 0 Å². The van der Waals surface area contributed by atoms with Gasteiger partial charge in [0.05, 0.1) is 0 Å². The Morgan fingerprint density at radius 3 is 2.53 bits per heavy atom. The molecular formula is C13H23NO3. The summed E-state index contributed by atoms with van der Waals surface area (Å²) in [5.41, 5.74) is 0. The van der Waals surface area contributed by atoms with Crippen LogP contribution in [0.25, 0.3) is 0 Å². The molecule has 1 saturated carbocycles. The number of hydrogen-bond donors (Lipinski definition) is 2. The minimum atomic E-state index is -0.983. The van der Waals surface area contributed by atoms with E-state index in [-0.39, 0.29) is 18.4 Å². The molecule has 0 heterocycles. The highest BCUT2D eigenvalue weighted by Gasteiger charge is 2.35. The van der Waals surface area contributed by atoms with Crippen molar-refractivity contribution in [2.75, 3.05) is 6.54 Å². The Morgan fingerprint density at radius 2 is 2.00 bits per heavy atom. The third kappa shape index (κ3) is 4.02. The van der Waals surface area contributed by atoms with E-state index >= 15 is 0 Å². The number of amides is 1. The van der Waals surface area contributed by atoms with Gasteiger partial charge in [0.2, 0.25) is 5.91 Å². The SMILES string of the molecule is CC1CCC(C(=O)NCC(=O)O)C(C(C)C)C1. The number of nitrogens with one attached hydrogen (secondary N) is 1. The van der Waals surface area contributed by atoms with Crippen LogP contribution in [0.4, 0.5) is 0 Å². The van der Waals surface area contributed by atoms with Gasteiger partial charge in [0.1, 0.15) is 6.54 Å². The largest absolute Gasteiger partial charge is 0.480 e. The molecule has 1 aliphatic carbocycles. The van der Waals surface area contributed by atoms with Gasteiger partial charge in [0.15, 0.2) is 0 Å². The number of aliphatic carboxylic acids is 1. The van der Waals surface area contributed by atoms with Crippen LogP contribution in [0, 0.1) is 23.7 Å². The van der Waals surface area contributed by atoms with E-state index in [0.29, 0.717) is 17.8 Å². The predicted octanol–water partition coefficient (Wildman–Crippen LogP) is 1.90. The molecular weight excluding hydrogens is 218 g/mol. The van der Waals surface area contributed by atoms with Crippen molar-refractivity contribution in [2.24, 2.45) is 23.7 Å².